The van der Waals surface area contributed by atoms with Crippen molar-refractivity contribution in [2.45, 2.75) is 37.1 Å². The number of hydrogen-bond acceptors (Lipinski definition) is 5. The number of rotatable bonds is 8. The zero-order chi connectivity index (χ0) is 18.8. The van der Waals surface area contributed by atoms with Crippen molar-refractivity contribution in [3.63, 3.8) is 0 Å². The molecule has 9 heteroatoms. The molecule has 1 fully saturated rings. The summed E-state index contributed by atoms with van der Waals surface area (Å²) in [5.41, 5.74) is 0. The maximum atomic E-state index is 12.1. The Hall–Kier alpha value is -1.71. The summed E-state index contributed by atoms with van der Waals surface area (Å²) >= 11 is 0. The first kappa shape index (κ1) is 20.6. The van der Waals surface area contributed by atoms with Crippen molar-refractivity contribution >= 4 is 16.0 Å². The van der Waals surface area contributed by atoms with E-state index >= 15 is 0 Å². The third-order valence-electron chi connectivity index (χ3n) is 4.35. The Kier molecular flexibility index (Phi) is 8.27. The Bertz CT molecular complexity index is 657. The fourth-order valence-electron chi connectivity index (χ4n) is 2.96. The molecule has 0 bridgehead atoms. The maximum Gasteiger partial charge on any atom is 0.242 e. The monoisotopic (exact) mass is 382 g/mol. The lowest BCUT2D eigenvalue weighted by Gasteiger charge is -2.32. The molecule has 0 atom stereocenters. The molecule has 1 aromatic heterocycles. The Morgan fingerprint density at radius 3 is 2.73 bits per heavy atom. The molecule has 0 saturated carbocycles. The molecule has 26 heavy (non-hydrogen) atoms. The van der Waals surface area contributed by atoms with Crippen molar-refractivity contribution < 1.29 is 8.42 Å². The fraction of sp³-hybridized carbons (Fsp3) is 0.647. The molecule has 0 aliphatic carbocycles. The minimum atomic E-state index is -3.52. The van der Waals surface area contributed by atoms with Gasteiger partial charge in [0, 0.05) is 51.7 Å². The quantitative estimate of drug-likeness (QED) is 0.342. The Labute approximate surface area is 156 Å². The van der Waals surface area contributed by atoms with Gasteiger partial charge in [-0.1, -0.05) is 6.92 Å². The summed E-state index contributed by atoms with van der Waals surface area (Å²) in [5.74, 6) is 0.708. The number of piperidine rings is 1. The van der Waals surface area contributed by atoms with Crippen molar-refractivity contribution in [3.8, 4) is 0 Å². The van der Waals surface area contributed by atoms with Crippen molar-refractivity contribution in [2.24, 2.45) is 4.99 Å². The van der Waals surface area contributed by atoms with E-state index in [-0.39, 0.29) is 11.4 Å². The minimum Gasteiger partial charge on any atom is -0.355 e. The molecule has 3 N–H and O–H groups in total. The van der Waals surface area contributed by atoms with Crippen LogP contribution in [0.3, 0.4) is 0 Å². The highest BCUT2D eigenvalue weighted by atomic mass is 32.2. The molecule has 0 aromatic carbocycles. The highest BCUT2D eigenvalue weighted by Gasteiger charge is 2.19. The Morgan fingerprint density at radius 1 is 1.35 bits per heavy atom. The first-order valence-electron chi connectivity index (χ1n) is 9.14. The highest BCUT2D eigenvalue weighted by molar-refractivity contribution is 7.89. The molecule has 1 aliphatic heterocycles. The van der Waals surface area contributed by atoms with Crippen LogP contribution in [-0.2, 0) is 10.0 Å². The molecular formula is C17H30N6O2S. The normalized spacial score (nSPS) is 17.2. The van der Waals surface area contributed by atoms with Gasteiger partial charge in [0.25, 0.3) is 0 Å². The molecule has 8 nitrogen and oxygen atoms in total. The van der Waals surface area contributed by atoms with E-state index in [0.717, 1.165) is 32.5 Å². The number of aliphatic imine (C=N–C) groups is 1. The van der Waals surface area contributed by atoms with Gasteiger partial charge in [0.1, 0.15) is 4.90 Å². The summed E-state index contributed by atoms with van der Waals surface area (Å²) < 4.78 is 26.8. The van der Waals surface area contributed by atoms with Gasteiger partial charge in [0.15, 0.2) is 5.96 Å². The lowest BCUT2D eigenvalue weighted by atomic mass is 10.1. The predicted octanol–water partition coefficient (Wildman–Crippen LogP) is 0.399. The lowest BCUT2D eigenvalue weighted by molar-refractivity contribution is 0.206. The summed E-state index contributed by atoms with van der Waals surface area (Å²) in [6, 6.07) is 3.53. The van der Waals surface area contributed by atoms with Crippen LogP contribution in [0.1, 0.15) is 26.2 Å². The second kappa shape index (κ2) is 10.4. The molecular weight excluding hydrogens is 352 g/mol. The number of pyridine rings is 1. The average Bonchev–Trinajstić information content (AvgIpc) is 2.66. The molecule has 2 heterocycles. The van der Waals surface area contributed by atoms with Crippen LogP contribution in [0, 0.1) is 0 Å². The number of likely N-dealkylation sites (tertiary alicyclic amines) is 1. The maximum absolute atomic E-state index is 12.1. The topological polar surface area (TPSA) is 98.7 Å². The number of guanidine groups is 1. The van der Waals surface area contributed by atoms with E-state index in [1.54, 1.807) is 19.3 Å². The molecule has 0 unspecified atom stereocenters. The second-order valence-corrected chi connectivity index (χ2v) is 8.11. The van der Waals surface area contributed by atoms with Crippen LogP contribution in [0.4, 0.5) is 0 Å². The number of aromatic nitrogens is 1. The first-order chi connectivity index (χ1) is 12.5. The van der Waals surface area contributed by atoms with Crippen LogP contribution in [-0.4, -0.2) is 70.1 Å². The van der Waals surface area contributed by atoms with E-state index in [1.165, 1.54) is 18.7 Å². The zero-order valence-corrected chi connectivity index (χ0v) is 16.4. The van der Waals surface area contributed by atoms with Gasteiger partial charge >= 0.3 is 0 Å². The van der Waals surface area contributed by atoms with Crippen LogP contribution in [0.25, 0.3) is 0 Å². The summed E-state index contributed by atoms with van der Waals surface area (Å²) in [6.45, 7) is 6.30. The Balaban J connectivity index is 1.69. The van der Waals surface area contributed by atoms with E-state index in [0.29, 0.717) is 18.5 Å². The molecule has 0 radical (unpaired) electrons. The molecule has 1 saturated heterocycles. The molecule has 1 aliphatic rings. The third-order valence-corrected chi connectivity index (χ3v) is 5.79. The number of hydrogen-bond donors (Lipinski definition) is 3. The van der Waals surface area contributed by atoms with Crippen LogP contribution >= 0.6 is 0 Å². The van der Waals surface area contributed by atoms with E-state index in [9.17, 15) is 8.42 Å². The smallest absolute Gasteiger partial charge is 0.242 e. The van der Waals surface area contributed by atoms with Gasteiger partial charge in [-0.25, -0.2) is 13.1 Å². The summed E-state index contributed by atoms with van der Waals surface area (Å²) in [6.07, 6.45) is 6.25. The van der Waals surface area contributed by atoms with Gasteiger partial charge in [0.05, 0.1) is 0 Å². The third kappa shape index (κ3) is 6.54. The first-order valence-corrected chi connectivity index (χ1v) is 10.6. The number of sulfonamides is 1. The van der Waals surface area contributed by atoms with Gasteiger partial charge < -0.3 is 15.5 Å². The van der Waals surface area contributed by atoms with Crippen molar-refractivity contribution in [1.29, 1.82) is 0 Å². The van der Waals surface area contributed by atoms with Crippen molar-refractivity contribution in [1.82, 2.24) is 25.2 Å². The van der Waals surface area contributed by atoms with E-state index in [2.05, 4.69) is 37.2 Å². The molecule has 1 aromatic rings. The molecule has 146 valence electrons. The largest absolute Gasteiger partial charge is 0.355 e. The zero-order valence-electron chi connectivity index (χ0n) is 15.6. The van der Waals surface area contributed by atoms with E-state index < -0.39 is 10.0 Å². The average molecular weight is 383 g/mol. The van der Waals surface area contributed by atoms with Gasteiger partial charge in [-0.05, 0) is 37.9 Å². The van der Waals surface area contributed by atoms with E-state index in [4.69, 9.17) is 0 Å². The van der Waals surface area contributed by atoms with E-state index in [1.807, 2.05) is 0 Å². The number of nitrogens with zero attached hydrogens (tertiary/aromatic N) is 3. The van der Waals surface area contributed by atoms with Crippen molar-refractivity contribution in [2.75, 3.05) is 39.8 Å². The standard InChI is InChI=1S/C17H30N6O2S/c1-3-11-23-12-6-15(7-13-23)22-17(18-2)20-9-10-21-26(24,25)16-5-4-8-19-14-16/h4-5,8,14-15,21H,3,6-7,9-13H2,1-2H3,(H2,18,20,22). The molecule has 0 spiro atoms. The summed E-state index contributed by atoms with van der Waals surface area (Å²) in [5, 5.41) is 6.58. The number of nitrogens with one attached hydrogen (secondary N) is 3. The van der Waals surface area contributed by atoms with Crippen LogP contribution in [0.2, 0.25) is 0 Å². The van der Waals surface area contributed by atoms with Crippen LogP contribution < -0.4 is 15.4 Å². The second-order valence-electron chi connectivity index (χ2n) is 6.35. The molecule has 0 amide bonds. The van der Waals surface area contributed by atoms with Crippen LogP contribution in [0.15, 0.2) is 34.4 Å². The van der Waals surface area contributed by atoms with Crippen molar-refractivity contribution in [3.05, 3.63) is 24.5 Å². The summed E-state index contributed by atoms with van der Waals surface area (Å²) in [7, 11) is -1.80. The molecule has 2 rings (SSSR count). The van der Waals surface area contributed by atoms with Crippen LogP contribution in [0.5, 0.6) is 0 Å². The summed E-state index contributed by atoms with van der Waals surface area (Å²) in [4.78, 5) is 10.7. The van der Waals surface area contributed by atoms with Gasteiger partial charge in [0.2, 0.25) is 10.0 Å². The Morgan fingerprint density at radius 2 is 2.12 bits per heavy atom. The minimum absolute atomic E-state index is 0.168. The SMILES string of the molecule is CCCN1CCC(NC(=NC)NCCNS(=O)(=O)c2cccnc2)CC1. The highest BCUT2D eigenvalue weighted by Crippen LogP contribution is 2.10. The van der Waals surface area contributed by atoms with Gasteiger partial charge in [-0.2, -0.15) is 0 Å². The fourth-order valence-corrected chi connectivity index (χ4v) is 3.96. The lowest BCUT2D eigenvalue weighted by Crippen LogP contribution is -2.49. The van der Waals surface area contributed by atoms with Gasteiger partial charge in [-0.3, -0.25) is 9.98 Å². The predicted molar refractivity (Wildman–Crippen MR) is 104 cm³/mol. The van der Waals surface area contributed by atoms with Gasteiger partial charge in [-0.15, -0.1) is 0 Å².